The van der Waals surface area contributed by atoms with E-state index in [1.165, 1.54) is 0 Å². The van der Waals surface area contributed by atoms with E-state index >= 15 is 0 Å². The zero-order chi connectivity index (χ0) is 10.3. The second-order valence-electron chi connectivity index (χ2n) is 2.49. The van der Waals surface area contributed by atoms with Crippen molar-refractivity contribution in [1.82, 2.24) is 0 Å². The topological polar surface area (TPSA) is 94.8 Å². The highest BCUT2D eigenvalue weighted by molar-refractivity contribution is 5.94. The predicted molar refractivity (Wildman–Crippen MR) is 44.3 cm³/mol. The molecule has 0 aliphatic heterocycles. The Kier molecular flexibility index (Phi) is 5.54. The molecule has 0 spiro atoms. The van der Waals surface area contributed by atoms with Crippen LogP contribution in [-0.2, 0) is 9.59 Å². The van der Waals surface area contributed by atoms with Crippen molar-refractivity contribution in [2.75, 3.05) is 6.61 Å². The van der Waals surface area contributed by atoms with E-state index in [4.69, 9.17) is 15.3 Å². The quantitative estimate of drug-likeness (QED) is 0.410. The van der Waals surface area contributed by atoms with Gasteiger partial charge >= 0.3 is 11.9 Å². The maximum absolute atomic E-state index is 10.4. The fourth-order valence-electron chi connectivity index (χ4n) is 0.817. The van der Waals surface area contributed by atoms with Gasteiger partial charge in [-0.05, 0) is 19.3 Å². The lowest BCUT2D eigenvalue weighted by Crippen LogP contribution is -2.04. The summed E-state index contributed by atoms with van der Waals surface area (Å²) in [5.41, 5.74) is -0.138. The molecule has 0 radical (unpaired) electrons. The molecule has 0 aromatic rings. The van der Waals surface area contributed by atoms with Gasteiger partial charge in [0.1, 0.15) is 0 Å². The van der Waals surface area contributed by atoms with Crippen molar-refractivity contribution in [3.63, 3.8) is 0 Å². The van der Waals surface area contributed by atoms with E-state index in [9.17, 15) is 9.59 Å². The van der Waals surface area contributed by atoms with Crippen LogP contribution in [0.1, 0.15) is 19.3 Å². The maximum Gasteiger partial charge on any atom is 0.331 e. The predicted octanol–water partition coefficient (Wildman–Crippen LogP) is 0.245. The van der Waals surface area contributed by atoms with Crippen LogP contribution >= 0.6 is 0 Å². The summed E-state index contributed by atoms with van der Waals surface area (Å²) in [6.07, 6.45) is 1.80. The maximum atomic E-state index is 10.4. The van der Waals surface area contributed by atoms with E-state index in [-0.39, 0.29) is 18.6 Å². The summed E-state index contributed by atoms with van der Waals surface area (Å²) in [6.45, 7) is -0.0139. The first kappa shape index (κ1) is 11.6. The van der Waals surface area contributed by atoms with Crippen LogP contribution in [0.5, 0.6) is 0 Å². The highest BCUT2D eigenvalue weighted by Gasteiger charge is 2.08. The Morgan fingerprint density at radius 3 is 2.15 bits per heavy atom. The van der Waals surface area contributed by atoms with Crippen LogP contribution in [0.25, 0.3) is 0 Å². The standard InChI is InChI=1S/C8H12O5/c9-4-2-1-3-6(8(12)13)5-7(10)11/h5,9H,1-4H2,(H,10,11)(H,12,13)/b6-5-. The fourth-order valence-corrected chi connectivity index (χ4v) is 0.817. The number of rotatable bonds is 6. The van der Waals surface area contributed by atoms with Gasteiger partial charge in [0.2, 0.25) is 0 Å². The molecule has 0 saturated carbocycles. The summed E-state index contributed by atoms with van der Waals surface area (Å²) in [4.78, 5) is 20.6. The molecule has 0 aliphatic carbocycles. The molecule has 0 bridgehead atoms. The first-order valence-electron chi connectivity index (χ1n) is 3.85. The van der Waals surface area contributed by atoms with Crippen LogP contribution in [0.3, 0.4) is 0 Å². The third-order valence-corrected chi connectivity index (χ3v) is 1.43. The lowest BCUT2D eigenvalue weighted by atomic mass is 10.1. The number of carbonyl (C=O) groups is 2. The van der Waals surface area contributed by atoms with Gasteiger partial charge in [-0.15, -0.1) is 0 Å². The SMILES string of the molecule is O=C(O)/C=C(/CCCCO)C(=O)O. The first-order valence-corrected chi connectivity index (χ1v) is 3.85. The lowest BCUT2D eigenvalue weighted by molar-refractivity contribution is -0.135. The number of carboxylic acids is 2. The molecule has 0 heterocycles. The molecule has 0 amide bonds. The fraction of sp³-hybridized carbons (Fsp3) is 0.500. The smallest absolute Gasteiger partial charge is 0.331 e. The van der Waals surface area contributed by atoms with Gasteiger partial charge in [-0.25, -0.2) is 9.59 Å². The van der Waals surface area contributed by atoms with Crippen LogP contribution in [-0.4, -0.2) is 33.9 Å². The Bertz CT molecular complexity index is 219. The summed E-state index contributed by atoms with van der Waals surface area (Å²) in [5.74, 6) is -2.48. The van der Waals surface area contributed by atoms with Crippen LogP contribution in [0.4, 0.5) is 0 Å². The molecule has 13 heavy (non-hydrogen) atoms. The van der Waals surface area contributed by atoms with Crippen molar-refractivity contribution in [2.45, 2.75) is 19.3 Å². The van der Waals surface area contributed by atoms with Crippen molar-refractivity contribution in [2.24, 2.45) is 0 Å². The third kappa shape index (κ3) is 5.86. The van der Waals surface area contributed by atoms with Gasteiger partial charge in [0, 0.05) is 18.3 Å². The lowest BCUT2D eigenvalue weighted by Gasteiger charge is -1.99. The average Bonchev–Trinajstić information content (AvgIpc) is 2.02. The van der Waals surface area contributed by atoms with Gasteiger partial charge in [0.15, 0.2) is 0 Å². The van der Waals surface area contributed by atoms with Crippen LogP contribution in [0.15, 0.2) is 11.6 Å². The number of aliphatic hydroxyl groups is 1. The third-order valence-electron chi connectivity index (χ3n) is 1.43. The summed E-state index contributed by atoms with van der Waals surface area (Å²) >= 11 is 0. The summed E-state index contributed by atoms with van der Waals surface area (Å²) in [6, 6.07) is 0. The van der Waals surface area contributed by atoms with Crippen molar-refractivity contribution < 1.29 is 24.9 Å². The molecular weight excluding hydrogens is 176 g/mol. The average molecular weight is 188 g/mol. The largest absolute Gasteiger partial charge is 0.478 e. The number of hydrogen-bond donors (Lipinski definition) is 3. The summed E-state index contributed by atoms with van der Waals surface area (Å²) in [7, 11) is 0. The molecule has 0 fully saturated rings. The Morgan fingerprint density at radius 1 is 1.15 bits per heavy atom. The first-order chi connectivity index (χ1) is 6.07. The van der Waals surface area contributed by atoms with Crippen molar-refractivity contribution in [1.29, 1.82) is 0 Å². The molecule has 0 aromatic heterocycles. The molecular formula is C8H12O5. The second-order valence-corrected chi connectivity index (χ2v) is 2.49. The number of hydrogen-bond acceptors (Lipinski definition) is 3. The van der Waals surface area contributed by atoms with E-state index in [1.807, 2.05) is 0 Å². The normalized spacial score (nSPS) is 11.3. The zero-order valence-electron chi connectivity index (χ0n) is 7.06. The van der Waals surface area contributed by atoms with Gasteiger partial charge < -0.3 is 15.3 Å². The number of unbranched alkanes of at least 4 members (excludes halogenated alkanes) is 1. The van der Waals surface area contributed by atoms with E-state index in [1.54, 1.807) is 0 Å². The van der Waals surface area contributed by atoms with E-state index in [2.05, 4.69) is 0 Å². The molecule has 0 atom stereocenters. The van der Waals surface area contributed by atoms with E-state index < -0.39 is 11.9 Å². The van der Waals surface area contributed by atoms with Gasteiger partial charge in [0.25, 0.3) is 0 Å². The minimum absolute atomic E-state index is 0.0139. The van der Waals surface area contributed by atoms with Crippen LogP contribution in [0.2, 0.25) is 0 Å². The Morgan fingerprint density at radius 2 is 1.77 bits per heavy atom. The van der Waals surface area contributed by atoms with Gasteiger partial charge in [-0.2, -0.15) is 0 Å². The minimum atomic E-state index is -1.26. The number of aliphatic hydroxyl groups excluding tert-OH is 1. The van der Waals surface area contributed by atoms with Crippen LogP contribution in [0, 0.1) is 0 Å². The number of carboxylic acid groups (broad SMARTS) is 2. The monoisotopic (exact) mass is 188 g/mol. The summed E-state index contributed by atoms with van der Waals surface area (Å²) < 4.78 is 0. The van der Waals surface area contributed by atoms with Crippen molar-refractivity contribution >= 4 is 11.9 Å². The van der Waals surface area contributed by atoms with E-state index in [0.29, 0.717) is 18.9 Å². The minimum Gasteiger partial charge on any atom is -0.478 e. The molecule has 5 nitrogen and oxygen atoms in total. The Balaban J connectivity index is 4.11. The van der Waals surface area contributed by atoms with Crippen molar-refractivity contribution in [3.8, 4) is 0 Å². The Labute approximate surface area is 75.3 Å². The molecule has 74 valence electrons. The number of aliphatic carboxylic acids is 2. The molecule has 0 aromatic carbocycles. The molecule has 5 heteroatoms. The molecule has 0 saturated heterocycles. The van der Waals surface area contributed by atoms with Crippen molar-refractivity contribution in [3.05, 3.63) is 11.6 Å². The molecule has 3 N–H and O–H groups in total. The van der Waals surface area contributed by atoms with Crippen LogP contribution < -0.4 is 0 Å². The van der Waals surface area contributed by atoms with Gasteiger partial charge in [-0.3, -0.25) is 0 Å². The highest BCUT2D eigenvalue weighted by Crippen LogP contribution is 2.07. The zero-order valence-corrected chi connectivity index (χ0v) is 7.06. The molecule has 0 rings (SSSR count). The van der Waals surface area contributed by atoms with E-state index in [0.717, 1.165) is 0 Å². The van der Waals surface area contributed by atoms with Gasteiger partial charge in [-0.1, -0.05) is 0 Å². The highest BCUT2D eigenvalue weighted by atomic mass is 16.4. The molecule has 0 unspecified atom stereocenters. The van der Waals surface area contributed by atoms with Gasteiger partial charge in [0.05, 0.1) is 0 Å². The second kappa shape index (κ2) is 6.19. The molecule has 0 aliphatic rings. The summed E-state index contributed by atoms with van der Waals surface area (Å²) in [5, 5.41) is 25.2. The Hall–Kier alpha value is -1.36.